The van der Waals surface area contributed by atoms with Crippen LogP contribution in [0, 0.1) is 0 Å². The third-order valence-corrected chi connectivity index (χ3v) is 6.32. The SMILES string of the molecule is CCN1CCN(c2cc(CNC(=NC)NC3CC(C)(C)Oc4ccccc43)ccn2)CC1.I. The number of ether oxygens (including phenoxy) is 1. The molecule has 3 heterocycles. The zero-order valence-corrected chi connectivity index (χ0v) is 22.5. The summed E-state index contributed by atoms with van der Waals surface area (Å²) in [6.45, 7) is 12.5. The number of para-hydroxylation sites is 1. The quantitative estimate of drug-likeness (QED) is 0.327. The Labute approximate surface area is 215 Å². The number of hydrogen-bond donors (Lipinski definition) is 2. The maximum Gasteiger partial charge on any atom is 0.191 e. The van der Waals surface area contributed by atoms with Crippen LogP contribution in [0.2, 0.25) is 0 Å². The number of rotatable bonds is 5. The van der Waals surface area contributed by atoms with Crippen LogP contribution in [0.3, 0.4) is 0 Å². The second kappa shape index (κ2) is 11.4. The number of aliphatic imine (C=N–C) groups is 1. The highest BCUT2D eigenvalue weighted by Crippen LogP contribution is 2.39. The average molecular weight is 565 g/mol. The highest BCUT2D eigenvalue weighted by molar-refractivity contribution is 14.0. The molecule has 8 heteroatoms. The number of aromatic nitrogens is 1. The summed E-state index contributed by atoms with van der Waals surface area (Å²) >= 11 is 0. The third kappa shape index (κ3) is 6.50. The Kier molecular flexibility index (Phi) is 8.81. The van der Waals surface area contributed by atoms with Gasteiger partial charge < -0.3 is 25.2 Å². The number of guanidine groups is 1. The molecule has 1 saturated heterocycles. The summed E-state index contributed by atoms with van der Waals surface area (Å²) in [7, 11) is 1.82. The lowest BCUT2D eigenvalue weighted by Gasteiger charge is -2.38. The standard InChI is InChI=1S/C25H36N6O.HI/c1-5-30-12-14-31(15-13-30)23-16-19(10-11-27-23)18-28-24(26-4)29-21-17-25(2,3)32-22-9-7-6-8-20(21)22;/h6-11,16,21H,5,12-15,17-18H2,1-4H3,(H2,26,28,29);1H. The highest BCUT2D eigenvalue weighted by atomic mass is 127. The van der Waals surface area contributed by atoms with Crippen molar-refractivity contribution in [2.24, 2.45) is 4.99 Å². The van der Waals surface area contributed by atoms with Crippen molar-refractivity contribution < 1.29 is 4.74 Å². The van der Waals surface area contributed by atoms with E-state index in [9.17, 15) is 0 Å². The van der Waals surface area contributed by atoms with Gasteiger partial charge in [0.25, 0.3) is 0 Å². The molecule has 0 radical (unpaired) electrons. The van der Waals surface area contributed by atoms with Crippen LogP contribution < -0.4 is 20.3 Å². The minimum absolute atomic E-state index is 0. The van der Waals surface area contributed by atoms with Gasteiger partial charge in [0.05, 0.1) is 6.04 Å². The largest absolute Gasteiger partial charge is 0.487 e. The van der Waals surface area contributed by atoms with Crippen LogP contribution in [-0.4, -0.2) is 61.2 Å². The predicted octanol–water partition coefficient (Wildman–Crippen LogP) is 3.81. The molecule has 7 nitrogen and oxygen atoms in total. The van der Waals surface area contributed by atoms with Crippen LogP contribution in [0.15, 0.2) is 47.6 Å². The molecule has 2 aliphatic heterocycles. The van der Waals surface area contributed by atoms with Gasteiger partial charge in [-0.05, 0) is 44.2 Å². The van der Waals surface area contributed by atoms with E-state index >= 15 is 0 Å². The van der Waals surface area contributed by atoms with E-state index in [1.807, 2.05) is 25.4 Å². The average Bonchev–Trinajstić information content (AvgIpc) is 2.81. The number of fused-ring (bicyclic) bond motifs is 1. The van der Waals surface area contributed by atoms with Crippen molar-refractivity contribution in [2.45, 2.75) is 45.4 Å². The highest BCUT2D eigenvalue weighted by Gasteiger charge is 2.34. The first-order chi connectivity index (χ1) is 15.5. The molecule has 0 saturated carbocycles. The number of likely N-dealkylation sites (N-methyl/N-ethyl adjacent to an activating group) is 1. The molecule has 0 bridgehead atoms. The molecule has 180 valence electrons. The molecule has 1 aromatic carbocycles. The maximum atomic E-state index is 6.16. The Morgan fingerprint density at radius 3 is 2.67 bits per heavy atom. The Hall–Kier alpha value is -2.07. The summed E-state index contributed by atoms with van der Waals surface area (Å²) in [5.41, 5.74) is 2.14. The van der Waals surface area contributed by atoms with E-state index in [1.54, 1.807) is 0 Å². The van der Waals surface area contributed by atoms with Gasteiger partial charge in [0.1, 0.15) is 17.2 Å². The van der Waals surface area contributed by atoms with Gasteiger partial charge in [0.15, 0.2) is 5.96 Å². The molecule has 1 unspecified atom stereocenters. The zero-order chi connectivity index (χ0) is 22.6. The van der Waals surface area contributed by atoms with Crippen LogP contribution in [-0.2, 0) is 6.54 Å². The van der Waals surface area contributed by atoms with Crippen molar-refractivity contribution in [3.63, 3.8) is 0 Å². The number of halogens is 1. The topological polar surface area (TPSA) is 65.0 Å². The molecule has 1 atom stereocenters. The van der Waals surface area contributed by atoms with E-state index in [-0.39, 0.29) is 35.6 Å². The van der Waals surface area contributed by atoms with Gasteiger partial charge in [-0.25, -0.2) is 4.98 Å². The lowest BCUT2D eigenvalue weighted by Crippen LogP contribution is -2.46. The number of anilines is 1. The van der Waals surface area contributed by atoms with Crippen molar-refractivity contribution >= 4 is 35.8 Å². The third-order valence-electron chi connectivity index (χ3n) is 6.32. The van der Waals surface area contributed by atoms with Gasteiger partial charge in [-0.3, -0.25) is 4.99 Å². The van der Waals surface area contributed by atoms with E-state index in [1.165, 1.54) is 11.1 Å². The first-order valence-corrected chi connectivity index (χ1v) is 11.6. The van der Waals surface area contributed by atoms with Crippen molar-refractivity contribution in [3.05, 3.63) is 53.7 Å². The van der Waals surface area contributed by atoms with E-state index in [0.29, 0.717) is 6.54 Å². The molecule has 0 aliphatic carbocycles. The molecule has 2 aromatic rings. The van der Waals surface area contributed by atoms with Gasteiger partial charge in [-0.2, -0.15) is 0 Å². The van der Waals surface area contributed by atoms with Crippen molar-refractivity contribution in [1.82, 2.24) is 20.5 Å². The van der Waals surface area contributed by atoms with Crippen molar-refractivity contribution in [3.8, 4) is 5.75 Å². The van der Waals surface area contributed by atoms with E-state index in [0.717, 1.165) is 56.7 Å². The zero-order valence-electron chi connectivity index (χ0n) is 20.2. The van der Waals surface area contributed by atoms with Gasteiger partial charge in [-0.1, -0.05) is 25.1 Å². The van der Waals surface area contributed by atoms with Gasteiger partial charge in [0.2, 0.25) is 0 Å². The van der Waals surface area contributed by atoms with Crippen LogP contribution in [0.1, 0.15) is 44.4 Å². The van der Waals surface area contributed by atoms with E-state index in [4.69, 9.17) is 4.74 Å². The number of nitrogens with zero attached hydrogens (tertiary/aromatic N) is 4. The number of piperazine rings is 1. The number of benzene rings is 1. The van der Waals surface area contributed by atoms with E-state index < -0.39 is 0 Å². The number of nitrogens with one attached hydrogen (secondary N) is 2. The molecule has 1 fully saturated rings. The molecule has 0 spiro atoms. The molecule has 4 rings (SSSR count). The van der Waals surface area contributed by atoms with Crippen LogP contribution in [0.5, 0.6) is 5.75 Å². The van der Waals surface area contributed by atoms with Gasteiger partial charge in [0, 0.05) is 58.0 Å². The van der Waals surface area contributed by atoms with Crippen molar-refractivity contribution in [1.29, 1.82) is 0 Å². The van der Waals surface area contributed by atoms with Crippen LogP contribution in [0.4, 0.5) is 5.82 Å². The summed E-state index contributed by atoms with van der Waals surface area (Å²) in [6.07, 6.45) is 2.78. The minimum Gasteiger partial charge on any atom is -0.487 e. The number of hydrogen-bond acceptors (Lipinski definition) is 5. The Morgan fingerprint density at radius 1 is 1.18 bits per heavy atom. The Balaban J connectivity index is 0.00000306. The maximum absolute atomic E-state index is 6.16. The lowest BCUT2D eigenvalue weighted by atomic mass is 9.90. The van der Waals surface area contributed by atoms with Gasteiger partial charge in [-0.15, -0.1) is 24.0 Å². The summed E-state index contributed by atoms with van der Waals surface area (Å²) in [5, 5.41) is 7.09. The summed E-state index contributed by atoms with van der Waals surface area (Å²) < 4.78 is 6.16. The van der Waals surface area contributed by atoms with Crippen molar-refractivity contribution in [2.75, 3.05) is 44.7 Å². The van der Waals surface area contributed by atoms with Crippen LogP contribution in [0.25, 0.3) is 0 Å². The number of pyridine rings is 1. The molecule has 2 N–H and O–H groups in total. The summed E-state index contributed by atoms with van der Waals surface area (Å²) in [4.78, 5) is 13.9. The van der Waals surface area contributed by atoms with Crippen LogP contribution >= 0.6 is 24.0 Å². The molecular formula is C25H37IN6O. The Bertz CT molecular complexity index is 942. The lowest BCUT2D eigenvalue weighted by molar-refractivity contribution is 0.0694. The fourth-order valence-corrected chi connectivity index (χ4v) is 4.51. The molecular weight excluding hydrogens is 527 g/mol. The second-order valence-corrected chi connectivity index (χ2v) is 9.17. The Morgan fingerprint density at radius 2 is 1.94 bits per heavy atom. The van der Waals surface area contributed by atoms with E-state index in [2.05, 4.69) is 75.4 Å². The normalized spacial score (nSPS) is 20.3. The first-order valence-electron chi connectivity index (χ1n) is 11.6. The first kappa shape index (κ1) is 25.6. The second-order valence-electron chi connectivity index (χ2n) is 9.17. The molecule has 1 aromatic heterocycles. The molecule has 33 heavy (non-hydrogen) atoms. The monoisotopic (exact) mass is 564 g/mol. The summed E-state index contributed by atoms with van der Waals surface area (Å²) in [6, 6.07) is 12.7. The summed E-state index contributed by atoms with van der Waals surface area (Å²) in [5.74, 6) is 2.79. The molecule has 0 amide bonds. The fourth-order valence-electron chi connectivity index (χ4n) is 4.51. The fraction of sp³-hybridized carbons (Fsp3) is 0.520. The minimum atomic E-state index is -0.229. The van der Waals surface area contributed by atoms with Gasteiger partial charge >= 0.3 is 0 Å². The molecule has 2 aliphatic rings. The predicted molar refractivity (Wildman–Crippen MR) is 146 cm³/mol. The smallest absolute Gasteiger partial charge is 0.191 e.